The molecule has 1 atom stereocenters. The molecule has 6 heteroatoms. The van der Waals surface area contributed by atoms with Gasteiger partial charge >= 0.3 is 0 Å². The Kier molecular flexibility index (Phi) is 9.87. The number of thiazole rings is 1. The van der Waals surface area contributed by atoms with E-state index >= 15 is 0 Å². The molecule has 1 aromatic rings. The monoisotopic (exact) mass is 340 g/mol. The third-order valence-corrected chi connectivity index (χ3v) is 4.52. The van der Waals surface area contributed by atoms with Crippen LogP contribution >= 0.6 is 11.3 Å². The normalized spacial score (nSPS) is 13.4. The van der Waals surface area contributed by atoms with Gasteiger partial charge in [-0.3, -0.25) is 0 Å². The zero-order chi connectivity index (χ0) is 17.1. The summed E-state index contributed by atoms with van der Waals surface area (Å²) in [5.74, 6) is 1.78. The lowest BCUT2D eigenvalue weighted by Gasteiger charge is -2.18. The van der Waals surface area contributed by atoms with E-state index in [1.807, 2.05) is 0 Å². The standard InChI is InChI=1S/C17H32N4OS/c1-5-7-14(8-9-22)10-19-17(18-6-2)20-11-16-21-15(12-23-16)13(3)4/h12-14,22H,5-11H2,1-4H3,(H2,18,19,20). The highest BCUT2D eigenvalue weighted by Crippen LogP contribution is 2.18. The van der Waals surface area contributed by atoms with Crippen LogP contribution in [0.2, 0.25) is 0 Å². The minimum atomic E-state index is 0.247. The van der Waals surface area contributed by atoms with Crippen molar-refractivity contribution in [2.75, 3.05) is 19.7 Å². The zero-order valence-electron chi connectivity index (χ0n) is 14.9. The fraction of sp³-hybridized carbons (Fsp3) is 0.765. The van der Waals surface area contributed by atoms with Crippen molar-refractivity contribution in [3.05, 3.63) is 16.1 Å². The quantitative estimate of drug-likeness (QED) is 0.452. The summed E-state index contributed by atoms with van der Waals surface area (Å²) in [4.78, 5) is 9.25. The first-order valence-corrected chi connectivity index (χ1v) is 9.55. The summed E-state index contributed by atoms with van der Waals surface area (Å²) in [5, 5.41) is 19.0. The third kappa shape index (κ3) is 7.79. The van der Waals surface area contributed by atoms with Crippen molar-refractivity contribution in [3.63, 3.8) is 0 Å². The fourth-order valence-corrected chi connectivity index (χ4v) is 3.21. The SMILES string of the molecule is CCCC(CCO)CNC(=NCc1nc(C(C)C)cs1)NCC. The van der Waals surface area contributed by atoms with E-state index in [-0.39, 0.29) is 6.61 Å². The van der Waals surface area contributed by atoms with Crippen LogP contribution < -0.4 is 10.6 Å². The molecule has 23 heavy (non-hydrogen) atoms. The first-order valence-electron chi connectivity index (χ1n) is 8.67. The first-order chi connectivity index (χ1) is 11.1. The zero-order valence-corrected chi connectivity index (χ0v) is 15.7. The minimum absolute atomic E-state index is 0.247. The van der Waals surface area contributed by atoms with Crippen LogP contribution in [0.3, 0.4) is 0 Å². The molecule has 1 aromatic heterocycles. The summed E-state index contributed by atoms with van der Waals surface area (Å²) in [7, 11) is 0. The topological polar surface area (TPSA) is 69.5 Å². The molecule has 1 heterocycles. The van der Waals surface area contributed by atoms with Crippen molar-refractivity contribution < 1.29 is 5.11 Å². The molecule has 0 saturated carbocycles. The van der Waals surface area contributed by atoms with Crippen molar-refractivity contribution in [3.8, 4) is 0 Å². The second kappa shape index (κ2) is 11.4. The Labute approximate surface area is 144 Å². The third-order valence-electron chi connectivity index (χ3n) is 3.67. The van der Waals surface area contributed by atoms with Gasteiger partial charge in [-0.25, -0.2) is 9.98 Å². The lowest BCUT2D eigenvalue weighted by molar-refractivity contribution is 0.251. The molecule has 0 aliphatic carbocycles. The van der Waals surface area contributed by atoms with Crippen molar-refractivity contribution in [2.24, 2.45) is 10.9 Å². The van der Waals surface area contributed by atoms with E-state index in [1.165, 1.54) is 0 Å². The van der Waals surface area contributed by atoms with Crippen molar-refractivity contribution in [1.82, 2.24) is 15.6 Å². The highest BCUT2D eigenvalue weighted by Gasteiger charge is 2.09. The lowest BCUT2D eigenvalue weighted by atomic mass is 10.0. The number of hydrogen-bond acceptors (Lipinski definition) is 4. The molecule has 1 unspecified atom stereocenters. The number of nitrogens with zero attached hydrogens (tertiary/aromatic N) is 2. The van der Waals surface area contributed by atoms with Crippen LogP contribution in [0.4, 0.5) is 0 Å². The molecular formula is C17H32N4OS. The van der Waals surface area contributed by atoms with Gasteiger partial charge in [0.25, 0.3) is 0 Å². The minimum Gasteiger partial charge on any atom is -0.396 e. The maximum Gasteiger partial charge on any atom is 0.191 e. The number of nitrogens with one attached hydrogen (secondary N) is 2. The first kappa shape index (κ1) is 19.9. The van der Waals surface area contributed by atoms with E-state index in [0.717, 1.165) is 49.0 Å². The Hall–Kier alpha value is -1.14. The molecule has 0 spiro atoms. The smallest absolute Gasteiger partial charge is 0.191 e. The summed E-state index contributed by atoms with van der Waals surface area (Å²) < 4.78 is 0. The van der Waals surface area contributed by atoms with Crippen molar-refractivity contribution in [1.29, 1.82) is 0 Å². The van der Waals surface area contributed by atoms with E-state index in [0.29, 0.717) is 18.4 Å². The number of hydrogen-bond donors (Lipinski definition) is 3. The highest BCUT2D eigenvalue weighted by molar-refractivity contribution is 7.09. The molecule has 0 amide bonds. The van der Waals surface area contributed by atoms with Crippen molar-refractivity contribution >= 4 is 17.3 Å². The average molecular weight is 341 g/mol. The maximum absolute atomic E-state index is 9.15. The van der Waals surface area contributed by atoms with Crippen LogP contribution in [0.15, 0.2) is 10.4 Å². The van der Waals surface area contributed by atoms with Crippen LogP contribution in [0.5, 0.6) is 0 Å². The van der Waals surface area contributed by atoms with Gasteiger partial charge in [0.15, 0.2) is 5.96 Å². The Morgan fingerprint density at radius 1 is 1.30 bits per heavy atom. The van der Waals surface area contributed by atoms with E-state index in [1.54, 1.807) is 11.3 Å². The van der Waals surface area contributed by atoms with Gasteiger partial charge in [-0.2, -0.15) is 0 Å². The van der Waals surface area contributed by atoms with Crippen LogP contribution in [-0.2, 0) is 6.54 Å². The van der Waals surface area contributed by atoms with Gasteiger partial charge in [-0.15, -0.1) is 11.3 Å². The molecule has 0 aromatic carbocycles. The summed E-state index contributed by atoms with van der Waals surface area (Å²) in [6.45, 7) is 11.1. The Morgan fingerprint density at radius 2 is 2.09 bits per heavy atom. The number of rotatable bonds is 10. The number of aliphatic hydroxyl groups is 1. The van der Waals surface area contributed by atoms with E-state index in [4.69, 9.17) is 5.11 Å². The summed E-state index contributed by atoms with van der Waals surface area (Å²) in [6, 6.07) is 0. The second-order valence-corrected chi connectivity index (χ2v) is 7.01. The molecular weight excluding hydrogens is 308 g/mol. The second-order valence-electron chi connectivity index (χ2n) is 6.06. The molecule has 0 radical (unpaired) electrons. The van der Waals surface area contributed by atoms with Gasteiger partial charge < -0.3 is 15.7 Å². The molecule has 3 N–H and O–H groups in total. The summed E-state index contributed by atoms with van der Waals surface area (Å²) in [5.41, 5.74) is 1.14. The van der Waals surface area contributed by atoms with E-state index < -0.39 is 0 Å². The summed E-state index contributed by atoms with van der Waals surface area (Å²) >= 11 is 1.67. The Balaban J connectivity index is 2.57. The molecule has 132 valence electrons. The number of aromatic nitrogens is 1. The van der Waals surface area contributed by atoms with Crippen LogP contribution in [0, 0.1) is 5.92 Å². The van der Waals surface area contributed by atoms with E-state index in [9.17, 15) is 0 Å². The van der Waals surface area contributed by atoms with Crippen molar-refractivity contribution in [2.45, 2.75) is 59.4 Å². The number of aliphatic imine (C=N–C) groups is 1. The van der Waals surface area contributed by atoms with Crippen LogP contribution in [-0.4, -0.2) is 35.7 Å². The molecule has 0 aliphatic heterocycles. The van der Waals surface area contributed by atoms with Gasteiger partial charge in [0, 0.05) is 25.1 Å². The van der Waals surface area contributed by atoms with Crippen LogP contribution in [0.1, 0.15) is 63.6 Å². The molecule has 0 aliphatic rings. The Bertz CT molecular complexity index is 453. The number of aliphatic hydroxyl groups excluding tert-OH is 1. The molecule has 5 nitrogen and oxygen atoms in total. The number of guanidine groups is 1. The largest absolute Gasteiger partial charge is 0.396 e. The Morgan fingerprint density at radius 3 is 2.65 bits per heavy atom. The van der Waals surface area contributed by atoms with Gasteiger partial charge in [0.2, 0.25) is 0 Å². The fourth-order valence-electron chi connectivity index (χ4n) is 2.33. The van der Waals surface area contributed by atoms with Gasteiger partial charge in [0.05, 0.1) is 12.2 Å². The summed E-state index contributed by atoms with van der Waals surface area (Å²) in [6.07, 6.45) is 3.10. The highest BCUT2D eigenvalue weighted by atomic mass is 32.1. The molecule has 1 rings (SSSR count). The predicted molar refractivity (Wildman–Crippen MR) is 99.1 cm³/mol. The van der Waals surface area contributed by atoms with Gasteiger partial charge in [-0.1, -0.05) is 27.2 Å². The van der Waals surface area contributed by atoms with Gasteiger partial charge in [0.1, 0.15) is 5.01 Å². The van der Waals surface area contributed by atoms with Crippen LogP contribution in [0.25, 0.3) is 0 Å². The molecule has 0 saturated heterocycles. The average Bonchev–Trinajstić information content (AvgIpc) is 2.99. The predicted octanol–water partition coefficient (Wildman–Crippen LogP) is 3.12. The van der Waals surface area contributed by atoms with Gasteiger partial charge in [-0.05, 0) is 31.6 Å². The lowest BCUT2D eigenvalue weighted by Crippen LogP contribution is -2.40. The van der Waals surface area contributed by atoms with E-state index in [2.05, 4.69) is 53.7 Å². The molecule has 0 bridgehead atoms. The molecule has 0 fully saturated rings. The maximum atomic E-state index is 9.15.